The largest absolute Gasteiger partial charge is 0.455 e. The van der Waals surface area contributed by atoms with Gasteiger partial charge in [0.2, 0.25) is 0 Å². The molecule has 0 fully saturated rings. The first kappa shape index (κ1) is 32.3. The molecule has 12 aromatic rings. The molecule has 0 saturated carbocycles. The Balaban J connectivity index is 1.08. The van der Waals surface area contributed by atoms with E-state index in [4.69, 9.17) is 19.4 Å². The fraction of sp³-hybridized carbons (Fsp3) is 0. The number of hydrogen-bond acceptors (Lipinski definition) is 6. The smallest absolute Gasteiger partial charge is 0.164 e. The van der Waals surface area contributed by atoms with Gasteiger partial charge in [0.05, 0.1) is 0 Å². The van der Waals surface area contributed by atoms with Gasteiger partial charge in [-0.3, -0.25) is 0 Å². The monoisotopic (exact) mass is 763 g/mol. The van der Waals surface area contributed by atoms with Crippen molar-refractivity contribution in [3.63, 3.8) is 0 Å². The molecule has 8 aromatic carbocycles. The summed E-state index contributed by atoms with van der Waals surface area (Å²) in [5.41, 5.74) is 8.95. The van der Waals surface area contributed by atoms with E-state index in [1.165, 1.54) is 45.9 Å². The van der Waals surface area contributed by atoms with Crippen LogP contribution in [0, 0.1) is 0 Å². The molecule has 0 amide bonds. The van der Waals surface area contributed by atoms with E-state index in [-0.39, 0.29) is 0 Å². The van der Waals surface area contributed by atoms with Crippen LogP contribution in [0.5, 0.6) is 0 Å². The maximum Gasteiger partial charge on any atom is 0.164 e. The van der Waals surface area contributed by atoms with Crippen LogP contribution < -0.4 is 0 Å². The number of thiophene rings is 2. The van der Waals surface area contributed by atoms with Crippen LogP contribution in [0.3, 0.4) is 0 Å². The zero-order chi connectivity index (χ0) is 37.5. The quantitative estimate of drug-likeness (QED) is 0.175. The van der Waals surface area contributed by atoms with Gasteiger partial charge in [-0.2, -0.15) is 0 Å². The van der Waals surface area contributed by atoms with E-state index in [9.17, 15) is 0 Å². The fourth-order valence-corrected chi connectivity index (χ4v) is 10.4. The molecule has 0 N–H and O–H groups in total. The molecule has 0 aliphatic carbocycles. The maximum atomic E-state index is 6.84. The summed E-state index contributed by atoms with van der Waals surface area (Å²) < 4.78 is 12.0. The zero-order valence-corrected chi connectivity index (χ0v) is 31.9. The van der Waals surface area contributed by atoms with E-state index >= 15 is 0 Å². The molecule has 12 rings (SSSR count). The van der Waals surface area contributed by atoms with Crippen LogP contribution in [0.15, 0.2) is 180 Å². The number of fused-ring (bicyclic) bond motifs is 9. The van der Waals surface area contributed by atoms with Crippen LogP contribution in [0.2, 0.25) is 0 Å². The van der Waals surface area contributed by atoms with Crippen molar-refractivity contribution < 1.29 is 4.42 Å². The molecule has 4 heterocycles. The first-order valence-corrected chi connectivity index (χ1v) is 20.5. The lowest BCUT2D eigenvalue weighted by atomic mass is 9.94. The fourth-order valence-electron chi connectivity index (χ4n) is 8.14. The molecule has 0 saturated heterocycles. The highest BCUT2D eigenvalue weighted by Gasteiger charge is 2.19. The van der Waals surface area contributed by atoms with E-state index < -0.39 is 0 Å². The minimum atomic E-state index is 0.612. The molecule has 0 radical (unpaired) electrons. The van der Waals surface area contributed by atoms with Gasteiger partial charge in [-0.1, -0.05) is 121 Å². The molecule has 0 aliphatic heterocycles. The minimum absolute atomic E-state index is 0.612. The third-order valence-corrected chi connectivity index (χ3v) is 13.2. The van der Waals surface area contributed by atoms with Crippen molar-refractivity contribution in [2.45, 2.75) is 0 Å². The molecule has 266 valence electrons. The van der Waals surface area contributed by atoms with Gasteiger partial charge in [-0.15, -0.1) is 22.7 Å². The van der Waals surface area contributed by atoms with Gasteiger partial charge in [0.15, 0.2) is 17.5 Å². The highest BCUT2D eigenvalue weighted by Crippen LogP contribution is 2.44. The van der Waals surface area contributed by atoms with Gasteiger partial charge in [0, 0.05) is 73.4 Å². The Kier molecular flexibility index (Phi) is 7.24. The van der Waals surface area contributed by atoms with Crippen molar-refractivity contribution in [3.05, 3.63) is 176 Å². The number of hydrogen-bond donors (Lipinski definition) is 0. The first-order valence-electron chi connectivity index (χ1n) is 18.9. The summed E-state index contributed by atoms with van der Waals surface area (Å²) >= 11 is 3.68. The van der Waals surface area contributed by atoms with Crippen molar-refractivity contribution >= 4 is 85.0 Å². The Labute approximate surface area is 335 Å². The Morgan fingerprint density at radius 2 is 0.807 bits per heavy atom. The average Bonchev–Trinajstić information content (AvgIpc) is 3.97. The lowest BCUT2D eigenvalue weighted by molar-refractivity contribution is 0.670. The summed E-state index contributed by atoms with van der Waals surface area (Å²) in [5, 5.41) is 7.22. The number of benzene rings is 8. The van der Waals surface area contributed by atoms with Crippen LogP contribution in [0.4, 0.5) is 0 Å². The minimum Gasteiger partial charge on any atom is -0.455 e. The van der Waals surface area contributed by atoms with E-state index in [0.717, 1.165) is 55.3 Å². The van der Waals surface area contributed by atoms with E-state index in [1.807, 2.05) is 83.3 Å². The average molecular weight is 764 g/mol. The normalized spacial score (nSPS) is 11.9. The van der Waals surface area contributed by atoms with Gasteiger partial charge in [0.1, 0.15) is 11.2 Å². The standard InChI is InChI=1S/C51H29N3OS2/c1-3-11-30(12-4-1)49-52-50(31-13-5-2-6-14-31)54-51(53-49)34-21-24-43-41(25-34)42-27-35(32-19-22-38-36-15-7-9-17-44(36)56-46(38)28-32)26-40(48(42)55-43)33-20-23-39-37-16-8-10-18-45(37)57-47(39)29-33/h1-29H. The Morgan fingerprint density at radius 1 is 0.316 bits per heavy atom. The Morgan fingerprint density at radius 3 is 1.44 bits per heavy atom. The molecule has 0 spiro atoms. The molecule has 4 aromatic heterocycles. The zero-order valence-electron chi connectivity index (χ0n) is 30.3. The SMILES string of the molecule is c1ccc(-c2nc(-c3ccccc3)nc(-c3ccc4oc5c(-c6ccc7c(c6)sc6ccccc67)cc(-c6ccc7c(c6)sc6ccccc67)cc5c4c3)n2)cc1. The summed E-state index contributed by atoms with van der Waals surface area (Å²) in [6.45, 7) is 0. The molecule has 6 heteroatoms. The molecule has 0 bridgehead atoms. The lowest BCUT2D eigenvalue weighted by Gasteiger charge is -2.09. The summed E-state index contributed by atoms with van der Waals surface area (Å²) in [4.78, 5) is 15.0. The highest BCUT2D eigenvalue weighted by molar-refractivity contribution is 7.26. The van der Waals surface area contributed by atoms with Crippen LogP contribution in [0.1, 0.15) is 0 Å². The third kappa shape index (κ3) is 5.37. The van der Waals surface area contributed by atoms with E-state index in [1.54, 1.807) is 0 Å². The summed E-state index contributed by atoms with van der Waals surface area (Å²) in [6, 6.07) is 62.1. The van der Waals surface area contributed by atoms with Crippen LogP contribution in [0.25, 0.3) is 119 Å². The second kappa shape index (κ2) is 12.8. The molecular weight excluding hydrogens is 735 g/mol. The second-order valence-corrected chi connectivity index (χ2v) is 16.5. The number of rotatable bonds is 5. The molecule has 0 aliphatic rings. The molecular formula is C51H29N3OS2. The predicted molar refractivity (Wildman–Crippen MR) is 240 cm³/mol. The summed E-state index contributed by atoms with van der Waals surface area (Å²) in [6.07, 6.45) is 0. The van der Waals surface area contributed by atoms with Gasteiger partial charge >= 0.3 is 0 Å². The van der Waals surface area contributed by atoms with Crippen molar-refractivity contribution in [1.29, 1.82) is 0 Å². The number of aromatic nitrogens is 3. The van der Waals surface area contributed by atoms with Crippen molar-refractivity contribution in [3.8, 4) is 56.4 Å². The number of nitrogens with zero attached hydrogens (tertiary/aromatic N) is 3. The summed E-state index contributed by atoms with van der Waals surface area (Å²) in [5.74, 6) is 1.88. The Hall–Kier alpha value is -6.99. The van der Waals surface area contributed by atoms with Crippen LogP contribution in [-0.2, 0) is 0 Å². The topological polar surface area (TPSA) is 51.8 Å². The highest BCUT2D eigenvalue weighted by atomic mass is 32.1. The predicted octanol–water partition coefficient (Wildman–Crippen LogP) is 14.8. The third-order valence-electron chi connectivity index (χ3n) is 10.9. The van der Waals surface area contributed by atoms with E-state index in [0.29, 0.717) is 17.5 Å². The van der Waals surface area contributed by atoms with Crippen LogP contribution >= 0.6 is 22.7 Å². The van der Waals surface area contributed by atoms with Crippen LogP contribution in [-0.4, -0.2) is 15.0 Å². The van der Waals surface area contributed by atoms with Gasteiger partial charge < -0.3 is 4.42 Å². The van der Waals surface area contributed by atoms with Gasteiger partial charge in [-0.25, -0.2) is 15.0 Å². The van der Waals surface area contributed by atoms with E-state index in [2.05, 4.69) is 115 Å². The molecule has 0 unspecified atom stereocenters. The van der Waals surface area contributed by atoms with Crippen molar-refractivity contribution in [2.24, 2.45) is 0 Å². The van der Waals surface area contributed by atoms with Gasteiger partial charge in [-0.05, 0) is 71.3 Å². The van der Waals surface area contributed by atoms with Crippen molar-refractivity contribution in [2.75, 3.05) is 0 Å². The molecule has 0 atom stereocenters. The second-order valence-electron chi connectivity index (χ2n) is 14.4. The summed E-state index contributed by atoms with van der Waals surface area (Å²) in [7, 11) is 0. The lowest BCUT2D eigenvalue weighted by Crippen LogP contribution is -2.00. The van der Waals surface area contributed by atoms with Crippen molar-refractivity contribution in [1.82, 2.24) is 15.0 Å². The van der Waals surface area contributed by atoms with Gasteiger partial charge in [0.25, 0.3) is 0 Å². The maximum absolute atomic E-state index is 6.84. The first-order chi connectivity index (χ1) is 28.2. The molecule has 4 nitrogen and oxygen atoms in total. The molecule has 57 heavy (non-hydrogen) atoms. The Bertz CT molecular complexity index is 3470. The number of furan rings is 1.